The Hall–Kier alpha value is -2.83. The molecule has 164 valence electrons. The lowest BCUT2D eigenvalue weighted by Crippen LogP contribution is -2.46. The van der Waals surface area contributed by atoms with Crippen molar-refractivity contribution in [2.45, 2.75) is 72.4 Å². The molecule has 0 radical (unpaired) electrons. The molecule has 0 saturated heterocycles. The highest BCUT2D eigenvalue weighted by Crippen LogP contribution is 2.29. The fourth-order valence-corrected chi connectivity index (χ4v) is 3.34. The maximum absolute atomic E-state index is 12.5. The standard InChI is InChI=1S/C23H31NO6/c1-6-7-8-16-12-20(25)30-21-14(4)19(10-9-17(16)21)29-15(5)22(26)24-18(23(27)28)11-13(2)3/h9-10,12-13,15,18H,6-8,11H2,1-5H3,(H,24,26)(H,27,28)/t15-,18-/m0/s1. The zero-order chi connectivity index (χ0) is 22.4. The van der Waals surface area contributed by atoms with Crippen molar-refractivity contribution < 1.29 is 23.8 Å². The highest BCUT2D eigenvalue weighted by atomic mass is 16.5. The van der Waals surface area contributed by atoms with Crippen molar-refractivity contribution in [3.8, 4) is 5.75 Å². The molecule has 2 aromatic rings. The Labute approximate surface area is 176 Å². The minimum atomic E-state index is -1.08. The van der Waals surface area contributed by atoms with E-state index in [9.17, 15) is 19.5 Å². The Morgan fingerprint density at radius 2 is 1.93 bits per heavy atom. The molecule has 1 amide bonds. The van der Waals surface area contributed by atoms with Crippen LogP contribution in [-0.2, 0) is 16.0 Å². The summed E-state index contributed by atoms with van der Waals surface area (Å²) in [5, 5.41) is 12.7. The fraction of sp³-hybridized carbons (Fsp3) is 0.522. The number of aryl methyl sites for hydroxylation is 2. The lowest BCUT2D eigenvalue weighted by Gasteiger charge is -2.21. The summed E-state index contributed by atoms with van der Waals surface area (Å²) in [6.45, 7) is 9.20. The van der Waals surface area contributed by atoms with Gasteiger partial charge in [-0.15, -0.1) is 0 Å². The zero-order valence-corrected chi connectivity index (χ0v) is 18.3. The van der Waals surface area contributed by atoms with E-state index in [4.69, 9.17) is 9.15 Å². The van der Waals surface area contributed by atoms with Crippen LogP contribution in [0.4, 0.5) is 0 Å². The largest absolute Gasteiger partial charge is 0.480 e. The molecule has 2 rings (SSSR count). The number of carboxylic acid groups (broad SMARTS) is 1. The predicted molar refractivity (Wildman–Crippen MR) is 115 cm³/mol. The van der Waals surface area contributed by atoms with Crippen LogP contribution < -0.4 is 15.7 Å². The quantitative estimate of drug-likeness (QED) is 0.569. The van der Waals surface area contributed by atoms with Crippen LogP contribution in [0.1, 0.15) is 58.1 Å². The first-order valence-corrected chi connectivity index (χ1v) is 10.4. The average Bonchev–Trinajstić information content (AvgIpc) is 2.67. The van der Waals surface area contributed by atoms with Gasteiger partial charge >= 0.3 is 11.6 Å². The van der Waals surface area contributed by atoms with Crippen LogP contribution in [0.2, 0.25) is 0 Å². The number of fused-ring (bicyclic) bond motifs is 1. The maximum atomic E-state index is 12.5. The van der Waals surface area contributed by atoms with E-state index in [0.29, 0.717) is 23.3 Å². The number of carboxylic acids is 1. The number of carbonyl (C=O) groups is 2. The maximum Gasteiger partial charge on any atom is 0.336 e. The summed E-state index contributed by atoms with van der Waals surface area (Å²) in [6, 6.07) is 4.13. The van der Waals surface area contributed by atoms with Crippen LogP contribution in [0.3, 0.4) is 0 Å². The van der Waals surface area contributed by atoms with E-state index in [1.807, 2.05) is 19.9 Å². The lowest BCUT2D eigenvalue weighted by molar-refractivity contribution is -0.143. The van der Waals surface area contributed by atoms with Gasteiger partial charge in [-0.25, -0.2) is 9.59 Å². The van der Waals surface area contributed by atoms with Crippen LogP contribution in [0.25, 0.3) is 11.0 Å². The molecule has 2 atom stereocenters. The Bertz CT molecular complexity index is 962. The molecule has 0 aliphatic rings. The van der Waals surface area contributed by atoms with Gasteiger partial charge in [0.1, 0.15) is 17.4 Å². The van der Waals surface area contributed by atoms with Crippen LogP contribution in [0.5, 0.6) is 5.75 Å². The van der Waals surface area contributed by atoms with Gasteiger partial charge in [0, 0.05) is 17.0 Å². The molecule has 0 spiro atoms. The third-order valence-corrected chi connectivity index (χ3v) is 4.99. The number of nitrogens with one attached hydrogen (secondary N) is 1. The van der Waals surface area contributed by atoms with E-state index in [0.717, 1.165) is 30.2 Å². The average molecular weight is 418 g/mol. The van der Waals surface area contributed by atoms with Crippen LogP contribution >= 0.6 is 0 Å². The highest BCUT2D eigenvalue weighted by molar-refractivity contribution is 5.87. The first kappa shape index (κ1) is 23.4. The molecular weight excluding hydrogens is 386 g/mol. The van der Waals surface area contributed by atoms with Gasteiger partial charge in [0.05, 0.1) is 0 Å². The third kappa shape index (κ3) is 5.84. The first-order valence-electron chi connectivity index (χ1n) is 10.4. The summed E-state index contributed by atoms with van der Waals surface area (Å²) < 4.78 is 11.2. The van der Waals surface area contributed by atoms with E-state index in [1.54, 1.807) is 19.9 Å². The normalized spacial score (nSPS) is 13.3. The SMILES string of the molecule is CCCCc1cc(=O)oc2c(C)c(O[C@@H](C)C(=O)N[C@@H](CC(C)C)C(=O)O)ccc12. The molecule has 1 heterocycles. The zero-order valence-electron chi connectivity index (χ0n) is 18.3. The third-order valence-electron chi connectivity index (χ3n) is 4.99. The number of hydrogen-bond donors (Lipinski definition) is 2. The molecular formula is C23H31NO6. The molecule has 2 N–H and O–H groups in total. The minimum absolute atomic E-state index is 0.121. The van der Waals surface area contributed by atoms with Crippen LogP contribution in [0.15, 0.2) is 27.4 Å². The van der Waals surface area contributed by atoms with Gasteiger partial charge in [0.15, 0.2) is 6.10 Å². The molecule has 1 aromatic carbocycles. The summed E-state index contributed by atoms with van der Waals surface area (Å²) in [6.07, 6.45) is 2.18. The molecule has 0 aliphatic carbocycles. The number of aliphatic carboxylic acids is 1. The molecule has 1 aromatic heterocycles. The van der Waals surface area contributed by atoms with Gasteiger partial charge < -0.3 is 19.6 Å². The van der Waals surface area contributed by atoms with E-state index in [1.165, 1.54) is 6.07 Å². The first-order chi connectivity index (χ1) is 14.1. The number of ether oxygens (including phenoxy) is 1. The number of benzene rings is 1. The van der Waals surface area contributed by atoms with Crippen molar-refractivity contribution >= 4 is 22.8 Å². The Balaban J connectivity index is 2.24. The molecule has 30 heavy (non-hydrogen) atoms. The molecule has 0 aliphatic heterocycles. The summed E-state index contributed by atoms with van der Waals surface area (Å²) >= 11 is 0. The van der Waals surface area contributed by atoms with Gasteiger partial charge in [-0.05, 0) is 56.7 Å². The molecule has 0 bridgehead atoms. The number of carbonyl (C=O) groups excluding carboxylic acids is 1. The second-order valence-electron chi connectivity index (χ2n) is 8.05. The predicted octanol–water partition coefficient (Wildman–Crippen LogP) is 3.83. The smallest absolute Gasteiger partial charge is 0.336 e. The Morgan fingerprint density at radius 3 is 2.53 bits per heavy atom. The second kappa shape index (κ2) is 10.3. The number of hydrogen-bond acceptors (Lipinski definition) is 5. The molecule has 0 unspecified atom stereocenters. The monoisotopic (exact) mass is 417 g/mol. The highest BCUT2D eigenvalue weighted by Gasteiger charge is 2.25. The second-order valence-corrected chi connectivity index (χ2v) is 8.05. The van der Waals surface area contributed by atoms with Gasteiger partial charge in [-0.1, -0.05) is 27.2 Å². The number of amides is 1. The van der Waals surface area contributed by atoms with Crippen molar-refractivity contribution in [2.75, 3.05) is 0 Å². The van der Waals surface area contributed by atoms with E-state index < -0.39 is 29.6 Å². The lowest BCUT2D eigenvalue weighted by atomic mass is 10.0. The van der Waals surface area contributed by atoms with Crippen LogP contribution in [0, 0.1) is 12.8 Å². The van der Waals surface area contributed by atoms with Gasteiger partial charge in [0.25, 0.3) is 5.91 Å². The summed E-state index contributed by atoms with van der Waals surface area (Å²) in [4.78, 5) is 35.9. The Kier molecular flexibility index (Phi) is 8.03. The van der Waals surface area contributed by atoms with Crippen molar-refractivity contribution in [3.63, 3.8) is 0 Å². The number of rotatable bonds is 10. The minimum Gasteiger partial charge on any atom is -0.480 e. The molecule has 7 nitrogen and oxygen atoms in total. The molecule has 0 saturated carbocycles. The van der Waals surface area contributed by atoms with Crippen molar-refractivity contribution in [3.05, 3.63) is 39.7 Å². The molecule has 0 fully saturated rings. The number of unbranched alkanes of at least 4 members (excludes halogenated alkanes) is 1. The van der Waals surface area contributed by atoms with E-state index in [-0.39, 0.29) is 5.92 Å². The van der Waals surface area contributed by atoms with Gasteiger partial charge in [-0.3, -0.25) is 4.79 Å². The summed E-state index contributed by atoms with van der Waals surface area (Å²) in [7, 11) is 0. The van der Waals surface area contributed by atoms with Crippen LogP contribution in [-0.4, -0.2) is 29.1 Å². The van der Waals surface area contributed by atoms with Crippen molar-refractivity contribution in [1.29, 1.82) is 0 Å². The Morgan fingerprint density at radius 1 is 1.23 bits per heavy atom. The fourth-order valence-electron chi connectivity index (χ4n) is 3.34. The van der Waals surface area contributed by atoms with E-state index in [2.05, 4.69) is 12.2 Å². The van der Waals surface area contributed by atoms with Gasteiger partial charge in [0.2, 0.25) is 0 Å². The van der Waals surface area contributed by atoms with Crippen molar-refractivity contribution in [1.82, 2.24) is 5.32 Å². The topological polar surface area (TPSA) is 106 Å². The van der Waals surface area contributed by atoms with Crippen molar-refractivity contribution in [2.24, 2.45) is 5.92 Å². The summed E-state index contributed by atoms with van der Waals surface area (Å²) in [5.74, 6) is -1.06. The van der Waals surface area contributed by atoms with E-state index >= 15 is 0 Å². The summed E-state index contributed by atoms with van der Waals surface area (Å²) in [5.41, 5.74) is 1.58. The molecule has 7 heteroatoms. The van der Waals surface area contributed by atoms with Gasteiger partial charge in [-0.2, -0.15) is 0 Å².